The molecule has 1 aromatic rings. The summed E-state index contributed by atoms with van der Waals surface area (Å²) < 4.78 is 0. The second-order valence-electron chi connectivity index (χ2n) is 4.80. The molecule has 3 N–H and O–H groups in total. The van der Waals surface area contributed by atoms with Crippen LogP contribution in [0.2, 0.25) is 5.02 Å². The molecular formula is C15H22ClN3O2. The summed E-state index contributed by atoms with van der Waals surface area (Å²) in [5.41, 5.74) is 6.44. The minimum atomic E-state index is -0.277. The van der Waals surface area contributed by atoms with Crippen molar-refractivity contribution in [3.8, 4) is 0 Å². The summed E-state index contributed by atoms with van der Waals surface area (Å²) in [4.78, 5) is 25.7. The highest BCUT2D eigenvalue weighted by Gasteiger charge is 2.17. The number of carbonyl (C=O) groups excluding carboxylic acids is 2. The lowest BCUT2D eigenvalue weighted by Gasteiger charge is -2.19. The Hall–Kier alpha value is -1.59. The van der Waals surface area contributed by atoms with E-state index in [0.717, 1.165) is 0 Å². The fourth-order valence-corrected chi connectivity index (χ4v) is 2.08. The van der Waals surface area contributed by atoms with Crippen molar-refractivity contribution in [3.05, 3.63) is 28.8 Å². The fourth-order valence-electron chi connectivity index (χ4n) is 1.82. The monoisotopic (exact) mass is 311 g/mol. The van der Waals surface area contributed by atoms with Gasteiger partial charge in [0.15, 0.2) is 0 Å². The van der Waals surface area contributed by atoms with Crippen molar-refractivity contribution < 1.29 is 9.59 Å². The van der Waals surface area contributed by atoms with Crippen LogP contribution in [0.5, 0.6) is 0 Å². The van der Waals surface area contributed by atoms with Crippen LogP contribution in [-0.4, -0.2) is 36.3 Å². The van der Waals surface area contributed by atoms with E-state index in [9.17, 15) is 9.59 Å². The van der Waals surface area contributed by atoms with Crippen LogP contribution in [0.25, 0.3) is 0 Å². The van der Waals surface area contributed by atoms with E-state index in [4.69, 9.17) is 17.3 Å². The molecule has 0 aliphatic heterocycles. The lowest BCUT2D eigenvalue weighted by atomic mass is 10.1. The summed E-state index contributed by atoms with van der Waals surface area (Å²) in [5.74, 6) is -0.560. The maximum absolute atomic E-state index is 12.3. The number of hydrogen-bond donors (Lipinski definition) is 2. The van der Waals surface area contributed by atoms with Crippen molar-refractivity contribution in [1.29, 1.82) is 0 Å². The van der Waals surface area contributed by atoms with Crippen molar-refractivity contribution in [2.75, 3.05) is 25.0 Å². The van der Waals surface area contributed by atoms with Gasteiger partial charge in [0.2, 0.25) is 5.91 Å². The van der Waals surface area contributed by atoms with Crippen molar-refractivity contribution >= 4 is 29.1 Å². The van der Waals surface area contributed by atoms with E-state index < -0.39 is 0 Å². The first-order valence-corrected chi connectivity index (χ1v) is 7.42. The summed E-state index contributed by atoms with van der Waals surface area (Å²) in [5, 5.41) is 3.05. The average molecular weight is 312 g/mol. The lowest BCUT2D eigenvalue weighted by molar-refractivity contribution is -0.119. The number of nitrogens with one attached hydrogen (secondary N) is 1. The van der Waals surface area contributed by atoms with Gasteiger partial charge in [0, 0.05) is 31.2 Å². The molecule has 1 aromatic carbocycles. The normalized spacial score (nSPS) is 11.9. The Labute approximate surface area is 130 Å². The van der Waals surface area contributed by atoms with E-state index in [1.165, 1.54) is 0 Å². The number of nitrogens with two attached hydrogens (primary N) is 1. The Morgan fingerprint density at radius 2 is 1.95 bits per heavy atom. The highest BCUT2D eigenvalue weighted by atomic mass is 35.5. The van der Waals surface area contributed by atoms with Gasteiger partial charge in [-0.2, -0.15) is 0 Å². The van der Waals surface area contributed by atoms with Crippen molar-refractivity contribution in [3.63, 3.8) is 0 Å². The molecule has 0 aliphatic carbocycles. The zero-order valence-electron chi connectivity index (χ0n) is 12.6. The molecule has 0 bridgehead atoms. The third-order valence-corrected chi connectivity index (χ3v) is 3.63. The quantitative estimate of drug-likeness (QED) is 0.846. The summed E-state index contributed by atoms with van der Waals surface area (Å²) in [6.45, 7) is 7.10. The SMILES string of the molecule is CCN(CC)C(=O)c1ccc(NC(=O)C(C)CN)cc1Cl. The molecule has 0 saturated heterocycles. The maximum Gasteiger partial charge on any atom is 0.255 e. The van der Waals surface area contributed by atoms with E-state index in [1.54, 1.807) is 30.0 Å². The second kappa shape index (κ2) is 8.00. The number of anilines is 1. The molecule has 0 fully saturated rings. The fraction of sp³-hybridized carbons (Fsp3) is 0.467. The molecule has 1 unspecified atom stereocenters. The molecule has 0 heterocycles. The number of halogens is 1. The smallest absolute Gasteiger partial charge is 0.255 e. The molecule has 0 spiro atoms. The first-order valence-electron chi connectivity index (χ1n) is 7.04. The first kappa shape index (κ1) is 17.5. The average Bonchev–Trinajstić information content (AvgIpc) is 2.47. The lowest BCUT2D eigenvalue weighted by Crippen LogP contribution is -2.30. The molecule has 0 saturated carbocycles. The minimum Gasteiger partial charge on any atom is -0.339 e. The van der Waals surface area contributed by atoms with Gasteiger partial charge < -0.3 is 16.0 Å². The summed E-state index contributed by atoms with van der Waals surface area (Å²) in [6.07, 6.45) is 0. The molecule has 21 heavy (non-hydrogen) atoms. The van der Waals surface area contributed by atoms with Crippen LogP contribution in [0.3, 0.4) is 0 Å². The van der Waals surface area contributed by atoms with Crippen LogP contribution in [-0.2, 0) is 4.79 Å². The van der Waals surface area contributed by atoms with Gasteiger partial charge in [-0.3, -0.25) is 9.59 Å². The largest absolute Gasteiger partial charge is 0.339 e. The molecule has 0 aliphatic rings. The van der Waals surface area contributed by atoms with E-state index in [0.29, 0.717) is 29.4 Å². The summed E-state index contributed by atoms with van der Waals surface area (Å²) in [6, 6.07) is 4.88. The third kappa shape index (κ3) is 4.44. The Bertz CT molecular complexity index is 516. The third-order valence-electron chi connectivity index (χ3n) is 3.32. The van der Waals surface area contributed by atoms with Crippen LogP contribution in [0, 0.1) is 5.92 Å². The Balaban J connectivity index is 2.90. The number of amides is 2. The van der Waals surface area contributed by atoms with Gasteiger partial charge in [0.25, 0.3) is 5.91 Å². The van der Waals surface area contributed by atoms with Gasteiger partial charge in [-0.1, -0.05) is 18.5 Å². The molecule has 6 heteroatoms. The Kier molecular flexibility index (Phi) is 6.65. The van der Waals surface area contributed by atoms with Crippen LogP contribution in [0.15, 0.2) is 18.2 Å². The van der Waals surface area contributed by atoms with Gasteiger partial charge in [-0.25, -0.2) is 0 Å². The molecule has 0 radical (unpaired) electrons. The van der Waals surface area contributed by atoms with Crippen LogP contribution in [0.1, 0.15) is 31.1 Å². The van der Waals surface area contributed by atoms with Gasteiger partial charge in [-0.15, -0.1) is 0 Å². The van der Waals surface area contributed by atoms with Gasteiger partial charge >= 0.3 is 0 Å². The first-order chi connectivity index (χ1) is 9.94. The van der Waals surface area contributed by atoms with Crippen LogP contribution < -0.4 is 11.1 Å². The van der Waals surface area contributed by atoms with E-state index in [2.05, 4.69) is 5.32 Å². The Morgan fingerprint density at radius 3 is 2.43 bits per heavy atom. The number of benzene rings is 1. The minimum absolute atomic E-state index is 0.113. The molecule has 1 atom stereocenters. The molecule has 0 aromatic heterocycles. The zero-order valence-corrected chi connectivity index (χ0v) is 13.4. The zero-order chi connectivity index (χ0) is 16.0. The van der Waals surface area contributed by atoms with Gasteiger partial charge in [-0.05, 0) is 32.0 Å². The number of nitrogens with zero attached hydrogens (tertiary/aromatic N) is 1. The standard InChI is InChI=1S/C15H22ClN3O2/c1-4-19(5-2)15(21)12-7-6-11(8-13(12)16)18-14(20)10(3)9-17/h6-8,10H,4-5,9,17H2,1-3H3,(H,18,20). The molecule has 1 rings (SSSR count). The summed E-state index contributed by atoms with van der Waals surface area (Å²) in [7, 11) is 0. The molecule has 2 amide bonds. The van der Waals surface area contributed by atoms with E-state index in [1.807, 2.05) is 13.8 Å². The topological polar surface area (TPSA) is 75.4 Å². The molecule has 5 nitrogen and oxygen atoms in total. The predicted octanol–water partition coefficient (Wildman–Crippen LogP) is 2.36. The van der Waals surface area contributed by atoms with Crippen molar-refractivity contribution in [2.24, 2.45) is 11.7 Å². The number of carbonyl (C=O) groups is 2. The van der Waals surface area contributed by atoms with Crippen molar-refractivity contribution in [2.45, 2.75) is 20.8 Å². The van der Waals surface area contributed by atoms with E-state index in [-0.39, 0.29) is 24.3 Å². The van der Waals surface area contributed by atoms with Crippen LogP contribution in [0.4, 0.5) is 5.69 Å². The molecular weight excluding hydrogens is 290 g/mol. The van der Waals surface area contributed by atoms with Crippen molar-refractivity contribution in [1.82, 2.24) is 4.90 Å². The number of hydrogen-bond acceptors (Lipinski definition) is 3. The summed E-state index contributed by atoms with van der Waals surface area (Å²) >= 11 is 6.16. The highest BCUT2D eigenvalue weighted by molar-refractivity contribution is 6.34. The van der Waals surface area contributed by atoms with Crippen LogP contribution >= 0.6 is 11.6 Å². The highest BCUT2D eigenvalue weighted by Crippen LogP contribution is 2.22. The van der Waals surface area contributed by atoms with Gasteiger partial charge in [0.05, 0.1) is 10.6 Å². The predicted molar refractivity (Wildman–Crippen MR) is 85.6 cm³/mol. The molecule has 116 valence electrons. The maximum atomic E-state index is 12.3. The van der Waals surface area contributed by atoms with Gasteiger partial charge in [0.1, 0.15) is 0 Å². The van der Waals surface area contributed by atoms with E-state index >= 15 is 0 Å². The number of rotatable bonds is 6. The Morgan fingerprint density at radius 1 is 1.33 bits per heavy atom. The second-order valence-corrected chi connectivity index (χ2v) is 5.21.